The number of anilines is 1. The minimum absolute atomic E-state index is 0.0955. The van der Waals surface area contributed by atoms with Gasteiger partial charge < -0.3 is 19.9 Å². The van der Waals surface area contributed by atoms with Crippen LogP contribution in [0.3, 0.4) is 0 Å². The molecule has 3 N–H and O–H groups in total. The highest BCUT2D eigenvalue weighted by atomic mass is 32.1. The predicted octanol–water partition coefficient (Wildman–Crippen LogP) is 2.87. The maximum absolute atomic E-state index is 13.5. The highest BCUT2D eigenvalue weighted by Gasteiger charge is 2.10. The standard InChI is InChI=1S/C16H16FN3O3S/c1-22-13-7-10(8-14(23-2)15(13)21)9-18-20-16(24)19-12-6-4-3-5-11(12)17/h3-9,21H,1-2H3,(H2,19,20,24)/b18-9+. The molecule has 126 valence electrons. The average molecular weight is 349 g/mol. The fourth-order valence-corrected chi connectivity index (χ4v) is 2.03. The van der Waals surface area contributed by atoms with Crippen LogP contribution in [0, 0.1) is 5.82 Å². The molecule has 0 saturated carbocycles. The Morgan fingerprint density at radius 2 is 1.83 bits per heavy atom. The molecule has 0 bridgehead atoms. The summed E-state index contributed by atoms with van der Waals surface area (Å²) in [4.78, 5) is 0. The summed E-state index contributed by atoms with van der Waals surface area (Å²) < 4.78 is 23.6. The molecule has 6 nitrogen and oxygen atoms in total. The molecule has 2 rings (SSSR count). The molecule has 0 amide bonds. The van der Waals surface area contributed by atoms with Gasteiger partial charge in [-0.2, -0.15) is 5.10 Å². The Hall–Kier alpha value is -2.87. The van der Waals surface area contributed by atoms with Gasteiger partial charge in [-0.1, -0.05) is 12.1 Å². The summed E-state index contributed by atoms with van der Waals surface area (Å²) in [5.41, 5.74) is 3.44. The van der Waals surface area contributed by atoms with Crippen molar-refractivity contribution in [1.82, 2.24) is 5.43 Å². The quantitative estimate of drug-likeness (QED) is 0.438. The Bertz CT molecular complexity index is 743. The van der Waals surface area contributed by atoms with Gasteiger partial charge in [0.1, 0.15) is 5.82 Å². The van der Waals surface area contributed by atoms with Gasteiger partial charge in [0.05, 0.1) is 26.1 Å². The fraction of sp³-hybridized carbons (Fsp3) is 0.125. The number of ether oxygens (including phenoxy) is 2. The second-order valence-corrected chi connectivity index (χ2v) is 4.99. The third kappa shape index (κ3) is 4.32. The molecule has 0 heterocycles. The number of hydrogen-bond acceptors (Lipinski definition) is 5. The van der Waals surface area contributed by atoms with Crippen molar-refractivity contribution in [2.45, 2.75) is 0 Å². The number of hydrogen-bond donors (Lipinski definition) is 3. The molecule has 0 unspecified atom stereocenters. The Morgan fingerprint density at radius 1 is 1.21 bits per heavy atom. The molecule has 0 saturated heterocycles. The highest BCUT2D eigenvalue weighted by molar-refractivity contribution is 7.80. The van der Waals surface area contributed by atoms with E-state index in [0.717, 1.165) is 0 Å². The molecule has 24 heavy (non-hydrogen) atoms. The van der Waals surface area contributed by atoms with Crippen LogP contribution in [0.1, 0.15) is 5.56 Å². The van der Waals surface area contributed by atoms with Crippen LogP contribution in [0.4, 0.5) is 10.1 Å². The molecule has 0 aliphatic heterocycles. The molecular weight excluding hydrogens is 333 g/mol. The van der Waals surface area contributed by atoms with E-state index in [0.29, 0.717) is 5.56 Å². The van der Waals surface area contributed by atoms with E-state index in [4.69, 9.17) is 21.7 Å². The van der Waals surface area contributed by atoms with Gasteiger partial charge in [0.15, 0.2) is 16.6 Å². The van der Waals surface area contributed by atoms with Crippen LogP contribution in [0.15, 0.2) is 41.5 Å². The summed E-state index contributed by atoms with van der Waals surface area (Å²) in [5.74, 6) is -0.00815. The number of rotatable bonds is 5. The van der Waals surface area contributed by atoms with Crippen molar-refractivity contribution in [1.29, 1.82) is 0 Å². The molecule has 0 atom stereocenters. The highest BCUT2D eigenvalue weighted by Crippen LogP contribution is 2.36. The minimum Gasteiger partial charge on any atom is -0.502 e. The lowest BCUT2D eigenvalue weighted by Gasteiger charge is -2.09. The largest absolute Gasteiger partial charge is 0.502 e. The van der Waals surface area contributed by atoms with Gasteiger partial charge in [0.25, 0.3) is 0 Å². The van der Waals surface area contributed by atoms with Crippen LogP contribution in [-0.4, -0.2) is 30.7 Å². The monoisotopic (exact) mass is 349 g/mol. The summed E-state index contributed by atoms with van der Waals surface area (Å²) in [6.07, 6.45) is 1.46. The molecular formula is C16H16FN3O3S. The number of methoxy groups -OCH3 is 2. The maximum Gasteiger partial charge on any atom is 0.200 e. The van der Waals surface area contributed by atoms with Crippen molar-refractivity contribution in [2.24, 2.45) is 5.10 Å². The van der Waals surface area contributed by atoms with Gasteiger partial charge in [-0.25, -0.2) is 4.39 Å². The summed E-state index contributed by atoms with van der Waals surface area (Å²) in [5, 5.41) is 16.6. The zero-order valence-corrected chi connectivity index (χ0v) is 13.9. The number of nitrogens with zero attached hydrogens (tertiary/aromatic N) is 1. The van der Waals surface area contributed by atoms with E-state index in [-0.39, 0.29) is 28.0 Å². The molecule has 8 heteroatoms. The lowest BCUT2D eigenvalue weighted by Crippen LogP contribution is -2.24. The number of aromatic hydroxyl groups is 1. The molecule has 0 aliphatic carbocycles. The first-order valence-electron chi connectivity index (χ1n) is 6.84. The molecule has 2 aromatic carbocycles. The van der Waals surface area contributed by atoms with E-state index >= 15 is 0 Å². The second kappa shape index (κ2) is 8.11. The predicted molar refractivity (Wildman–Crippen MR) is 94.6 cm³/mol. The lowest BCUT2D eigenvalue weighted by atomic mass is 10.2. The summed E-state index contributed by atoms with van der Waals surface area (Å²) in [7, 11) is 2.86. The number of hydrazone groups is 1. The van der Waals surface area contributed by atoms with Crippen LogP contribution >= 0.6 is 12.2 Å². The van der Waals surface area contributed by atoms with Crippen LogP contribution in [0.5, 0.6) is 17.2 Å². The summed E-state index contributed by atoms with van der Waals surface area (Å²) >= 11 is 5.04. The SMILES string of the molecule is COc1cc(/C=N/NC(=S)Nc2ccccc2F)cc(OC)c1O. The smallest absolute Gasteiger partial charge is 0.200 e. The molecule has 0 spiro atoms. The Balaban J connectivity index is 2.03. The zero-order chi connectivity index (χ0) is 17.5. The Kier molecular flexibility index (Phi) is 5.91. The van der Waals surface area contributed by atoms with E-state index in [1.807, 2.05) is 0 Å². The van der Waals surface area contributed by atoms with E-state index in [2.05, 4.69) is 15.8 Å². The number of nitrogens with one attached hydrogen (secondary N) is 2. The molecule has 0 aliphatic rings. The minimum atomic E-state index is -0.418. The van der Waals surface area contributed by atoms with E-state index in [1.54, 1.807) is 30.3 Å². The average Bonchev–Trinajstić information content (AvgIpc) is 2.58. The number of phenolic OH excluding ortho intramolecular Hbond substituents is 1. The Labute approximate surface area is 143 Å². The number of benzene rings is 2. The first kappa shape index (κ1) is 17.5. The zero-order valence-electron chi connectivity index (χ0n) is 13.0. The van der Waals surface area contributed by atoms with Gasteiger partial charge in [-0.15, -0.1) is 0 Å². The number of phenols is 1. The van der Waals surface area contributed by atoms with Crippen LogP contribution in [0.25, 0.3) is 0 Å². The Morgan fingerprint density at radius 3 is 2.42 bits per heavy atom. The van der Waals surface area contributed by atoms with Crippen LogP contribution < -0.4 is 20.2 Å². The van der Waals surface area contributed by atoms with Crippen molar-refractivity contribution in [3.63, 3.8) is 0 Å². The van der Waals surface area contributed by atoms with E-state index in [1.165, 1.54) is 26.5 Å². The van der Waals surface area contributed by atoms with Gasteiger partial charge in [-0.3, -0.25) is 5.43 Å². The normalized spacial score (nSPS) is 10.5. The molecule has 0 radical (unpaired) electrons. The van der Waals surface area contributed by atoms with Gasteiger partial charge in [0.2, 0.25) is 5.75 Å². The molecule has 0 aromatic heterocycles. The topological polar surface area (TPSA) is 75.1 Å². The van der Waals surface area contributed by atoms with E-state index < -0.39 is 5.82 Å². The van der Waals surface area contributed by atoms with Crippen molar-refractivity contribution >= 4 is 29.2 Å². The summed E-state index contributed by atoms with van der Waals surface area (Å²) in [6.45, 7) is 0. The third-order valence-electron chi connectivity index (χ3n) is 3.00. The van der Waals surface area contributed by atoms with Crippen molar-refractivity contribution in [3.05, 3.63) is 47.8 Å². The van der Waals surface area contributed by atoms with E-state index in [9.17, 15) is 9.50 Å². The second-order valence-electron chi connectivity index (χ2n) is 4.58. The summed E-state index contributed by atoms with van der Waals surface area (Å²) in [6, 6.07) is 9.31. The number of halogens is 1. The first-order chi connectivity index (χ1) is 11.5. The van der Waals surface area contributed by atoms with Gasteiger partial charge in [0, 0.05) is 5.56 Å². The number of para-hydroxylation sites is 1. The lowest BCUT2D eigenvalue weighted by molar-refractivity contribution is 0.340. The van der Waals surface area contributed by atoms with Crippen molar-refractivity contribution in [3.8, 4) is 17.2 Å². The van der Waals surface area contributed by atoms with Crippen LogP contribution in [-0.2, 0) is 0 Å². The van der Waals surface area contributed by atoms with Crippen molar-refractivity contribution < 1.29 is 19.0 Å². The van der Waals surface area contributed by atoms with Crippen molar-refractivity contribution in [2.75, 3.05) is 19.5 Å². The fourth-order valence-electron chi connectivity index (χ4n) is 1.87. The first-order valence-corrected chi connectivity index (χ1v) is 7.25. The van der Waals surface area contributed by atoms with Crippen LogP contribution in [0.2, 0.25) is 0 Å². The molecule has 0 fully saturated rings. The van der Waals surface area contributed by atoms with Gasteiger partial charge in [-0.05, 0) is 36.5 Å². The molecule has 2 aromatic rings. The third-order valence-corrected chi connectivity index (χ3v) is 3.20. The maximum atomic E-state index is 13.5. The number of thiocarbonyl (C=S) groups is 1. The van der Waals surface area contributed by atoms with Gasteiger partial charge >= 0.3 is 0 Å².